The van der Waals surface area contributed by atoms with Crippen molar-refractivity contribution >= 4 is 5.91 Å². The highest BCUT2D eigenvalue weighted by Crippen LogP contribution is 2.19. The van der Waals surface area contributed by atoms with Gasteiger partial charge in [0.05, 0.1) is 24.8 Å². The fourth-order valence-corrected chi connectivity index (χ4v) is 3.76. The van der Waals surface area contributed by atoms with E-state index in [2.05, 4.69) is 15.4 Å². The number of fused-ring (bicyclic) bond motifs is 1. The van der Waals surface area contributed by atoms with Gasteiger partial charge in [-0.05, 0) is 56.0 Å². The van der Waals surface area contributed by atoms with Crippen LogP contribution in [0.5, 0.6) is 5.75 Å². The number of aromatic nitrogens is 4. The summed E-state index contributed by atoms with van der Waals surface area (Å²) in [5, 5.41) is 7.14. The summed E-state index contributed by atoms with van der Waals surface area (Å²) in [4.78, 5) is 41.6. The summed E-state index contributed by atoms with van der Waals surface area (Å²) in [6.45, 7) is 2.13. The highest BCUT2D eigenvalue weighted by Gasteiger charge is 2.21. The number of carbonyl (C=O) groups excluding carboxylic acids is 1. The standard InChI is InChI=1S/C23H25N5O4/c1-15(28-22(30)12-17-4-3-5-19(17)26-28)23(31)24-10-11-27-14-25-20(13-21(27)29)16-6-8-18(32-2)9-7-16/h6-9,12-15H,3-5,10-11H2,1-2H3,(H,24,31)/t15-/m1/s1. The first-order valence-corrected chi connectivity index (χ1v) is 10.6. The molecule has 1 aliphatic rings. The van der Waals surface area contributed by atoms with Crippen LogP contribution >= 0.6 is 0 Å². The molecule has 2 heterocycles. The normalized spacial score (nSPS) is 13.4. The number of amides is 1. The summed E-state index contributed by atoms with van der Waals surface area (Å²) in [5.74, 6) is 0.401. The van der Waals surface area contributed by atoms with Crippen LogP contribution < -0.4 is 21.2 Å². The molecule has 0 unspecified atom stereocenters. The molecule has 9 heteroatoms. The van der Waals surface area contributed by atoms with Crippen molar-refractivity contribution in [2.75, 3.05) is 13.7 Å². The molecular formula is C23H25N5O4. The lowest BCUT2D eigenvalue weighted by atomic mass is 10.1. The first kappa shape index (κ1) is 21.5. The molecule has 1 atom stereocenters. The fourth-order valence-electron chi connectivity index (χ4n) is 3.76. The van der Waals surface area contributed by atoms with Gasteiger partial charge in [0.2, 0.25) is 5.91 Å². The van der Waals surface area contributed by atoms with Crippen LogP contribution in [0.1, 0.15) is 30.6 Å². The minimum atomic E-state index is -0.735. The second-order valence-electron chi connectivity index (χ2n) is 7.75. The number of benzene rings is 1. The van der Waals surface area contributed by atoms with Gasteiger partial charge in [0, 0.05) is 30.8 Å². The summed E-state index contributed by atoms with van der Waals surface area (Å²) in [7, 11) is 1.59. The molecular weight excluding hydrogens is 410 g/mol. The number of hydrogen-bond donors (Lipinski definition) is 1. The van der Waals surface area contributed by atoms with Gasteiger partial charge in [-0.3, -0.25) is 19.0 Å². The molecule has 32 heavy (non-hydrogen) atoms. The largest absolute Gasteiger partial charge is 0.497 e. The van der Waals surface area contributed by atoms with E-state index in [9.17, 15) is 14.4 Å². The Balaban J connectivity index is 1.37. The Bertz CT molecular complexity index is 1250. The molecule has 0 spiro atoms. The monoisotopic (exact) mass is 435 g/mol. The highest BCUT2D eigenvalue weighted by atomic mass is 16.5. The van der Waals surface area contributed by atoms with Crippen LogP contribution in [-0.2, 0) is 24.2 Å². The maximum Gasteiger partial charge on any atom is 0.267 e. The molecule has 1 amide bonds. The summed E-state index contributed by atoms with van der Waals surface area (Å²) >= 11 is 0. The van der Waals surface area contributed by atoms with E-state index in [0.717, 1.165) is 41.8 Å². The average Bonchev–Trinajstić information content (AvgIpc) is 3.26. The third-order valence-electron chi connectivity index (χ3n) is 5.65. The lowest BCUT2D eigenvalue weighted by molar-refractivity contribution is -0.124. The van der Waals surface area contributed by atoms with Crippen molar-refractivity contribution < 1.29 is 9.53 Å². The number of hydrogen-bond acceptors (Lipinski definition) is 6. The first-order chi connectivity index (χ1) is 15.5. The maximum atomic E-state index is 12.5. The highest BCUT2D eigenvalue weighted by molar-refractivity contribution is 5.79. The van der Waals surface area contributed by atoms with Gasteiger partial charge in [-0.2, -0.15) is 5.10 Å². The lowest BCUT2D eigenvalue weighted by Crippen LogP contribution is -2.39. The molecule has 2 aromatic heterocycles. The third kappa shape index (κ3) is 4.46. The zero-order valence-corrected chi connectivity index (χ0v) is 18.1. The van der Waals surface area contributed by atoms with Crippen LogP contribution in [0.15, 0.2) is 52.3 Å². The number of rotatable bonds is 7. The van der Waals surface area contributed by atoms with E-state index < -0.39 is 6.04 Å². The lowest BCUT2D eigenvalue weighted by Gasteiger charge is -2.15. The molecule has 0 radical (unpaired) electrons. The van der Waals surface area contributed by atoms with Crippen molar-refractivity contribution in [1.82, 2.24) is 24.6 Å². The van der Waals surface area contributed by atoms with Gasteiger partial charge in [0.25, 0.3) is 11.1 Å². The molecule has 0 bridgehead atoms. The van der Waals surface area contributed by atoms with E-state index in [-0.39, 0.29) is 30.1 Å². The molecule has 4 rings (SSSR count). The van der Waals surface area contributed by atoms with E-state index >= 15 is 0 Å². The average molecular weight is 435 g/mol. The minimum absolute atomic E-state index is 0.218. The predicted octanol–water partition coefficient (Wildman–Crippen LogP) is 1.34. The van der Waals surface area contributed by atoms with Gasteiger partial charge in [0.1, 0.15) is 11.8 Å². The fraction of sp³-hybridized carbons (Fsp3) is 0.348. The van der Waals surface area contributed by atoms with Crippen molar-refractivity contribution in [2.45, 2.75) is 38.8 Å². The van der Waals surface area contributed by atoms with Gasteiger partial charge in [-0.15, -0.1) is 0 Å². The molecule has 0 saturated heterocycles. The number of carbonyl (C=O) groups is 1. The zero-order chi connectivity index (χ0) is 22.7. The van der Waals surface area contributed by atoms with Gasteiger partial charge in [-0.1, -0.05) is 0 Å². The van der Waals surface area contributed by atoms with Crippen LogP contribution in [0.3, 0.4) is 0 Å². The molecule has 9 nitrogen and oxygen atoms in total. The zero-order valence-electron chi connectivity index (χ0n) is 18.1. The van der Waals surface area contributed by atoms with Crippen molar-refractivity contribution in [3.8, 4) is 17.0 Å². The molecule has 3 aromatic rings. The van der Waals surface area contributed by atoms with Crippen LogP contribution in [-0.4, -0.2) is 38.9 Å². The van der Waals surface area contributed by atoms with Crippen LogP contribution in [0.2, 0.25) is 0 Å². The van der Waals surface area contributed by atoms with Crippen molar-refractivity contribution in [3.63, 3.8) is 0 Å². The van der Waals surface area contributed by atoms with E-state index in [1.165, 1.54) is 21.6 Å². The Labute approximate surface area is 184 Å². The van der Waals surface area contributed by atoms with Crippen molar-refractivity contribution in [3.05, 3.63) is 74.7 Å². The number of nitrogens with zero attached hydrogens (tertiary/aromatic N) is 4. The van der Waals surface area contributed by atoms with Crippen LogP contribution in [0, 0.1) is 0 Å². The number of nitrogens with one attached hydrogen (secondary N) is 1. The van der Waals surface area contributed by atoms with Gasteiger partial charge in [-0.25, -0.2) is 9.67 Å². The summed E-state index contributed by atoms with van der Waals surface area (Å²) < 4.78 is 7.80. The Morgan fingerprint density at radius 1 is 1.16 bits per heavy atom. The van der Waals surface area contributed by atoms with Crippen LogP contribution in [0.25, 0.3) is 11.3 Å². The maximum absolute atomic E-state index is 12.5. The topological polar surface area (TPSA) is 108 Å². The van der Waals surface area contributed by atoms with Crippen LogP contribution in [0.4, 0.5) is 0 Å². The second-order valence-corrected chi connectivity index (χ2v) is 7.75. The third-order valence-corrected chi connectivity index (χ3v) is 5.65. The number of methoxy groups -OCH3 is 1. The minimum Gasteiger partial charge on any atom is -0.497 e. The molecule has 166 valence electrons. The summed E-state index contributed by atoms with van der Waals surface area (Å²) in [6.07, 6.45) is 4.13. The predicted molar refractivity (Wildman–Crippen MR) is 119 cm³/mol. The first-order valence-electron chi connectivity index (χ1n) is 10.6. The van der Waals surface area contributed by atoms with E-state index in [0.29, 0.717) is 5.69 Å². The Hall–Kier alpha value is -3.75. The molecule has 1 N–H and O–H groups in total. The van der Waals surface area contributed by atoms with Crippen molar-refractivity contribution in [2.24, 2.45) is 0 Å². The van der Waals surface area contributed by atoms with Gasteiger partial charge >= 0.3 is 0 Å². The van der Waals surface area contributed by atoms with E-state index in [1.54, 1.807) is 32.2 Å². The molecule has 0 fully saturated rings. The smallest absolute Gasteiger partial charge is 0.267 e. The molecule has 0 saturated carbocycles. The number of aryl methyl sites for hydroxylation is 2. The van der Waals surface area contributed by atoms with E-state index in [1.807, 2.05) is 12.1 Å². The quantitative estimate of drug-likeness (QED) is 0.600. The summed E-state index contributed by atoms with van der Waals surface area (Å²) in [6, 6.07) is 9.58. The Morgan fingerprint density at radius 3 is 2.66 bits per heavy atom. The number of ether oxygens (including phenoxy) is 1. The Morgan fingerprint density at radius 2 is 1.94 bits per heavy atom. The Kier molecular flexibility index (Phi) is 6.16. The summed E-state index contributed by atoms with van der Waals surface area (Å²) in [5.41, 5.74) is 2.74. The van der Waals surface area contributed by atoms with Crippen molar-refractivity contribution in [1.29, 1.82) is 0 Å². The molecule has 1 aromatic carbocycles. The molecule has 0 aliphatic heterocycles. The second kappa shape index (κ2) is 9.17. The van der Waals surface area contributed by atoms with Gasteiger partial charge in [0.15, 0.2) is 0 Å². The van der Waals surface area contributed by atoms with E-state index in [4.69, 9.17) is 4.74 Å². The van der Waals surface area contributed by atoms with Gasteiger partial charge < -0.3 is 10.1 Å². The molecule has 1 aliphatic carbocycles. The SMILES string of the molecule is COc1ccc(-c2cc(=O)n(CCNC(=O)[C@@H](C)n3nc4c(cc3=O)CCC4)cn2)cc1.